The molecule has 0 aliphatic rings. The van der Waals surface area contributed by atoms with Gasteiger partial charge >= 0.3 is 0 Å². The second-order valence-electron chi connectivity index (χ2n) is 1.47. The quantitative estimate of drug-likeness (QED) is 0.312. The molecule has 1 radical (unpaired) electrons. The van der Waals surface area contributed by atoms with Crippen molar-refractivity contribution in [3.63, 3.8) is 0 Å². The Kier molecular flexibility index (Phi) is 3.08. The maximum atomic E-state index is 4.53. The lowest BCUT2D eigenvalue weighted by atomic mass is 10.3. The summed E-state index contributed by atoms with van der Waals surface area (Å²) in [4.78, 5) is 4.53. The van der Waals surface area contributed by atoms with E-state index >= 15 is 0 Å². The molecule has 0 atom stereocenters. The Morgan fingerprint density at radius 1 is 1.50 bits per heavy atom. The van der Waals surface area contributed by atoms with Crippen molar-refractivity contribution in [3.8, 4) is 5.75 Å². The van der Waals surface area contributed by atoms with Gasteiger partial charge in [0.05, 0.1) is 0 Å². The summed E-state index contributed by atoms with van der Waals surface area (Å²) in [5, 5.41) is 4.06. The number of benzene rings is 1. The SMILES string of the molecule is SOOOc1c[c]ccc1. The van der Waals surface area contributed by atoms with Crippen molar-refractivity contribution < 1.29 is 14.3 Å². The highest BCUT2D eigenvalue weighted by atomic mass is 32.1. The fourth-order valence-electron chi connectivity index (χ4n) is 0.483. The minimum Gasteiger partial charge on any atom is -0.307 e. The van der Waals surface area contributed by atoms with Crippen molar-refractivity contribution in [1.29, 1.82) is 0 Å². The molecule has 3 nitrogen and oxygen atoms in total. The molecule has 0 saturated carbocycles. The van der Waals surface area contributed by atoms with Crippen LogP contribution in [0.4, 0.5) is 0 Å². The molecule has 0 aliphatic heterocycles. The van der Waals surface area contributed by atoms with Crippen LogP contribution in [-0.2, 0) is 9.37 Å². The van der Waals surface area contributed by atoms with Crippen LogP contribution in [0.3, 0.4) is 0 Å². The number of hydrogen-bond donors (Lipinski definition) is 1. The van der Waals surface area contributed by atoms with Gasteiger partial charge in [-0.25, -0.2) is 0 Å². The second-order valence-corrected chi connectivity index (χ2v) is 1.61. The number of rotatable bonds is 3. The lowest BCUT2D eigenvalue weighted by molar-refractivity contribution is -0.402. The molecule has 0 amide bonds. The highest BCUT2D eigenvalue weighted by Gasteiger charge is 1.89. The summed E-state index contributed by atoms with van der Waals surface area (Å²) in [5.41, 5.74) is 0. The van der Waals surface area contributed by atoms with Gasteiger partial charge in [-0.3, -0.25) is 0 Å². The largest absolute Gasteiger partial charge is 0.307 e. The van der Waals surface area contributed by atoms with E-state index in [0.717, 1.165) is 0 Å². The predicted molar refractivity (Wildman–Crippen MR) is 37.1 cm³/mol. The fraction of sp³-hybridized carbons (Fsp3) is 0. The summed E-state index contributed by atoms with van der Waals surface area (Å²) in [7, 11) is 0. The normalized spacial score (nSPS) is 9.30. The third-order valence-electron chi connectivity index (χ3n) is 0.839. The zero-order chi connectivity index (χ0) is 7.23. The van der Waals surface area contributed by atoms with Crippen LogP contribution in [0.1, 0.15) is 0 Å². The Balaban J connectivity index is 2.43. The monoisotopic (exact) mass is 157 g/mol. The van der Waals surface area contributed by atoms with E-state index in [9.17, 15) is 0 Å². The molecular weight excluding hydrogens is 152 g/mol. The molecular formula is C6H5O3S. The Bertz CT molecular complexity index is 178. The van der Waals surface area contributed by atoms with E-state index in [4.69, 9.17) is 0 Å². The van der Waals surface area contributed by atoms with Crippen LogP contribution in [0.15, 0.2) is 24.3 Å². The molecule has 0 aromatic heterocycles. The third kappa shape index (κ3) is 2.26. The van der Waals surface area contributed by atoms with E-state index in [0.29, 0.717) is 5.75 Å². The van der Waals surface area contributed by atoms with Crippen molar-refractivity contribution in [3.05, 3.63) is 30.3 Å². The van der Waals surface area contributed by atoms with Gasteiger partial charge in [0.1, 0.15) is 0 Å². The Hall–Kier alpha value is -0.710. The van der Waals surface area contributed by atoms with Gasteiger partial charge in [0, 0.05) is 12.9 Å². The van der Waals surface area contributed by atoms with Crippen LogP contribution < -0.4 is 4.89 Å². The van der Waals surface area contributed by atoms with Crippen LogP contribution in [0.2, 0.25) is 0 Å². The highest BCUT2D eigenvalue weighted by Crippen LogP contribution is 2.07. The van der Waals surface area contributed by atoms with Crippen LogP contribution in [0.25, 0.3) is 0 Å². The molecule has 0 heterocycles. The molecule has 1 rings (SSSR count). The predicted octanol–water partition coefficient (Wildman–Crippen LogP) is 1.57. The molecule has 1 aromatic rings. The number of hydrogen-bond acceptors (Lipinski definition) is 4. The topological polar surface area (TPSA) is 27.7 Å². The van der Waals surface area contributed by atoms with Crippen LogP contribution in [0, 0.1) is 6.07 Å². The minimum atomic E-state index is 0.511. The van der Waals surface area contributed by atoms with E-state index in [-0.39, 0.29) is 0 Å². The first-order chi connectivity index (χ1) is 4.93. The van der Waals surface area contributed by atoms with Gasteiger partial charge < -0.3 is 4.89 Å². The van der Waals surface area contributed by atoms with Crippen molar-refractivity contribution in [2.75, 3.05) is 0 Å². The van der Waals surface area contributed by atoms with Crippen LogP contribution in [0.5, 0.6) is 5.75 Å². The molecule has 0 unspecified atom stereocenters. The molecule has 10 heavy (non-hydrogen) atoms. The van der Waals surface area contributed by atoms with Gasteiger partial charge in [-0.05, 0) is 23.2 Å². The lowest BCUT2D eigenvalue weighted by Crippen LogP contribution is -1.91. The molecule has 0 bridgehead atoms. The third-order valence-corrected chi connectivity index (χ3v) is 0.900. The van der Waals surface area contributed by atoms with Crippen molar-refractivity contribution >= 4 is 12.9 Å². The summed E-state index contributed by atoms with van der Waals surface area (Å²) in [6, 6.07) is 9.59. The molecule has 53 valence electrons. The van der Waals surface area contributed by atoms with Gasteiger partial charge in [-0.15, -0.1) is 4.33 Å². The second kappa shape index (κ2) is 4.16. The molecule has 0 N–H and O–H groups in total. The van der Waals surface area contributed by atoms with E-state index < -0.39 is 0 Å². The Morgan fingerprint density at radius 2 is 2.40 bits per heavy atom. The standard InChI is InChI=1S/C6H5O3S/c10-9-8-7-6-4-2-1-3-5-6/h1-2,4-5,10H. The smallest absolute Gasteiger partial charge is 0.169 e. The molecule has 4 heteroatoms. The average molecular weight is 157 g/mol. The zero-order valence-corrected chi connectivity index (χ0v) is 5.88. The summed E-state index contributed by atoms with van der Waals surface area (Å²) in [6.45, 7) is 0. The first-order valence-electron chi connectivity index (χ1n) is 2.54. The van der Waals surface area contributed by atoms with E-state index in [1.54, 1.807) is 24.3 Å². The van der Waals surface area contributed by atoms with Crippen molar-refractivity contribution in [1.82, 2.24) is 0 Å². The summed E-state index contributed by atoms with van der Waals surface area (Å²) in [6.07, 6.45) is 0. The van der Waals surface area contributed by atoms with Crippen LogP contribution in [-0.4, -0.2) is 0 Å². The van der Waals surface area contributed by atoms with E-state index in [1.165, 1.54) is 0 Å². The summed E-state index contributed by atoms with van der Waals surface area (Å²) in [5.74, 6) is 0.511. The summed E-state index contributed by atoms with van der Waals surface area (Å²) < 4.78 is 3.90. The summed E-state index contributed by atoms with van der Waals surface area (Å²) >= 11 is 3.29. The Morgan fingerprint density at radius 3 is 3.00 bits per heavy atom. The molecule has 0 saturated heterocycles. The van der Waals surface area contributed by atoms with E-state index in [2.05, 4.69) is 33.2 Å². The highest BCUT2D eigenvalue weighted by molar-refractivity contribution is 7.74. The molecule has 1 aromatic carbocycles. The minimum absolute atomic E-state index is 0.511. The lowest BCUT2D eigenvalue weighted by Gasteiger charge is -1.97. The van der Waals surface area contributed by atoms with Gasteiger partial charge in [-0.2, -0.15) is 0 Å². The maximum Gasteiger partial charge on any atom is 0.169 e. The van der Waals surface area contributed by atoms with Gasteiger partial charge in [0.25, 0.3) is 0 Å². The number of thiol groups is 1. The fourth-order valence-corrected chi connectivity index (χ4v) is 0.514. The molecule has 0 aliphatic carbocycles. The average Bonchev–Trinajstić information content (AvgIpc) is 2.03. The molecule has 0 spiro atoms. The van der Waals surface area contributed by atoms with E-state index in [1.807, 2.05) is 0 Å². The first-order valence-corrected chi connectivity index (χ1v) is 2.91. The molecule has 0 fully saturated rings. The van der Waals surface area contributed by atoms with Gasteiger partial charge in [0.2, 0.25) is 0 Å². The van der Waals surface area contributed by atoms with Crippen molar-refractivity contribution in [2.24, 2.45) is 0 Å². The van der Waals surface area contributed by atoms with Gasteiger partial charge in [-0.1, -0.05) is 12.1 Å². The van der Waals surface area contributed by atoms with Gasteiger partial charge in [0.15, 0.2) is 5.75 Å². The van der Waals surface area contributed by atoms with Crippen molar-refractivity contribution in [2.45, 2.75) is 0 Å². The maximum absolute atomic E-state index is 4.53. The van der Waals surface area contributed by atoms with Crippen LogP contribution >= 0.6 is 12.9 Å². The first kappa shape index (κ1) is 7.40. The Labute approximate surface area is 64.0 Å². The zero-order valence-electron chi connectivity index (χ0n) is 4.98.